The second-order valence-electron chi connectivity index (χ2n) is 6.16. The maximum atomic E-state index is 11.9. The summed E-state index contributed by atoms with van der Waals surface area (Å²) in [6, 6.07) is 0.506. The molecule has 0 spiro atoms. The fourth-order valence-electron chi connectivity index (χ4n) is 3.01. The maximum absolute atomic E-state index is 11.9. The zero-order valence-electron chi connectivity index (χ0n) is 12.1. The van der Waals surface area contributed by atoms with E-state index in [4.69, 9.17) is 10.5 Å². The monoisotopic (exact) mass is 268 g/mol. The third-order valence-corrected chi connectivity index (χ3v) is 4.34. The molecule has 19 heavy (non-hydrogen) atoms. The molecule has 2 aliphatic carbocycles. The Hall–Kier alpha value is -0.610. The fourth-order valence-corrected chi connectivity index (χ4v) is 3.01. The molecule has 3 N–H and O–H groups in total. The van der Waals surface area contributed by atoms with Crippen LogP contribution in [0.15, 0.2) is 0 Å². The van der Waals surface area contributed by atoms with Crippen molar-refractivity contribution in [3.63, 3.8) is 0 Å². The van der Waals surface area contributed by atoms with Crippen molar-refractivity contribution in [2.75, 3.05) is 6.61 Å². The summed E-state index contributed by atoms with van der Waals surface area (Å²) in [6.45, 7) is 3.01. The summed E-state index contributed by atoms with van der Waals surface area (Å²) in [4.78, 5) is 11.9. The number of hydrogen-bond acceptors (Lipinski definition) is 3. The van der Waals surface area contributed by atoms with Crippen LogP contribution in [0.4, 0.5) is 0 Å². The molecular formula is C15H28N2O2. The molecule has 2 fully saturated rings. The van der Waals surface area contributed by atoms with Gasteiger partial charge in [0.2, 0.25) is 5.91 Å². The van der Waals surface area contributed by atoms with E-state index in [0.29, 0.717) is 6.04 Å². The number of nitrogens with one attached hydrogen (secondary N) is 1. The van der Waals surface area contributed by atoms with Gasteiger partial charge in [-0.05, 0) is 38.5 Å². The molecule has 0 aromatic rings. The third kappa shape index (κ3) is 4.18. The fraction of sp³-hybridized carbons (Fsp3) is 0.933. The van der Waals surface area contributed by atoms with Crippen LogP contribution < -0.4 is 11.1 Å². The molecule has 0 heterocycles. The summed E-state index contributed by atoms with van der Waals surface area (Å²) >= 11 is 0. The van der Waals surface area contributed by atoms with Gasteiger partial charge in [-0.15, -0.1) is 0 Å². The molecule has 4 heteroatoms. The number of ether oxygens (including phenoxy) is 1. The minimum absolute atomic E-state index is 0.193. The Morgan fingerprint density at radius 2 is 2.16 bits per heavy atom. The van der Waals surface area contributed by atoms with Crippen LogP contribution in [0.3, 0.4) is 0 Å². The predicted octanol–water partition coefficient (Wildman–Crippen LogP) is 2.11. The first-order chi connectivity index (χ1) is 9.16. The molecule has 2 saturated carbocycles. The number of carbonyl (C=O) groups excluding carboxylic acids is 1. The van der Waals surface area contributed by atoms with Crippen molar-refractivity contribution >= 4 is 5.91 Å². The van der Waals surface area contributed by atoms with E-state index in [1.165, 1.54) is 25.7 Å². The molecule has 0 radical (unpaired) electrons. The summed E-state index contributed by atoms with van der Waals surface area (Å²) in [5, 5.41) is 3.48. The minimum Gasteiger partial charge on any atom is -0.378 e. The highest BCUT2D eigenvalue weighted by atomic mass is 16.5. The molecule has 1 amide bonds. The van der Waals surface area contributed by atoms with Crippen LogP contribution in [-0.2, 0) is 9.53 Å². The van der Waals surface area contributed by atoms with Crippen LogP contribution in [0.2, 0.25) is 0 Å². The zero-order chi connectivity index (χ0) is 13.7. The molecule has 2 unspecified atom stereocenters. The van der Waals surface area contributed by atoms with Crippen molar-refractivity contribution in [3.8, 4) is 0 Å². The van der Waals surface area contributed by atoms with Crippen LogP contribution in [0, 0.1) is 0 Å². The number of primary amides is 1. The normalized spacial score (nSPS) is 31.3. The Bertz CT molecular complexity index is 305. The minimum atomic E-state index is -0.505. The summed E-state index contributed by atoms with van der Waals surface area (Å²) in [5.41, 5.74) is 5.15. The number of amides is 1. The first-order valence-corrected chi connectivity index (χ1v) is 7.85. The lowest BCUT2D eigenvalue weighted by Crippen LogP contribution is -2.59. The van der Waals surface area contributed by atoms with Crippen molar-refractivity contribution in [1.29, 1.82) is 0 Å². The Labute approximate surface area is 116 Å². The summed E-state index contributed by atoms with van der Waals surface area (Å²) in [6.07, 6.45) is 9.81. The second kappa shape index (κ2) is 6.71. The van der Waals surface area contributed by atoms with Crippen molar-refractivity contribution < 1.29 is 9.53 Å². The molecule has 0 aromatic heterocycles. The molecule has 0 bridgehead atoms. The van der Waals surface area contributed by atoms with Crippen LogP contribution in [-0.4, -0.2) is 30.2 Å². The quantitative estimate of drug-likeness (QED) is 0.663. The number of hydrogen-bond donors (Lipinski definition) is 2. The lowest BCUT2D eigenvalue weighted by atomic mass is 9.79. The van der Waals surface area contributed by atoms with Crippen molar-refractivity contribution in [2.24, 2.45) is 5.73 Å². The molecule has 2 atom stereocenters. The average Bonchev–Trinajstić information content (AvgIpc) is 3.19. The molecule has 0 aromatic carbocycles. The number of nitrogens with two attached hydrogens (primary N) is 1. The topological polar surface area (TPSA) is 64.3 Å². The van der Waals surface area contributed by atoms with Crippen LogP contribution in [0.1, 0.15) is 64.7 Å². The highest BCUT2D eigenvalue weighted by Crippen LogP contribution is 2.34. The summed E-state index contributed by atoms with van der Waals surface area (Å²) < 4.78 is 5.94. The highest BCUT2D eigenvalue weighted by molar-refractivity contribution is 5.85. The lowest BCUT2D eigenvalue weighted by molar-refractivity contribution is -0.128. The Morgan fingerprint density at radius 3 is 2.79 bits per heavy atom. The molecule has 0 aliphatic heterocycles. The zero-order valence-corrected chi connectivity index (χ0v) is 12.1. The van der Waals surface area contributed by atoms with Gasteiger partial charge < -0.3 is 15.8 Å². The number of carbonyl (C=O) groups is 1. The van der Waals surface area contributed by atoms with E-state index in [1.807, 2.05) is 0 Å². The maximum Gasteiger partial charge on any atom is 0.237 e. The first-order valence-electron chi connectivity index (χ1n) is 7.85. The van der Waals surface area contributed by atoms with Gasteiger partial charge in [0.15, 0.2) is 0 Å². The molecular weight excluding hydrogens is 240 g/mol. The van der Waals surface area contributed by atoms with Gasteiger partial charge >= 0.3 is 0 Å². The van der Waals surface area contributed by atoms with Gasteiger partial charge in [-0.3, -0.25) is 4.79 Å². The van der Waals surface area contributed by atoms with Gasteiger partial charge in [0, 0.05) is 19.1 Å². The summed E-state index contributed by atoms with van der Waals surface area (Å²) in [5.74, 6) is -0.193. The van der Waals surface area contributed by atoms with Gasteiger partial charge in [0.25, 0.3) is 0 Å². The first kappa shape index (κ1) is 14.8. The smallest absolute Gasteiger partial charge is 0.237 e. The van der Waals surface area contributed by atoms with Crippen molar-refractivity contribution in [2.45, 2.75) is 82.4 Å². The van der Waals surface area contributed by atoms with Gasteiger partial charge in [0.1, 0.15) is 5.54 Å². The molecule has 0 saturated heterocycles. The van der Waals surface area contributed by atoms with Crippen molar-refractivity contribution in [3.05, 3.63) is 0 Å². The van der Waals surface area contributed by atoms with Gasteiger partial charge in [-0.25, -0.2) is 0 Å². The highest BCUT2D eigenvalue weighted by Gasteiger charge is 2.44. The van der Waals surface area contributed by atoms with E-state index in [2.05, 4.69) is 12.2 Å². The number of unbranched alkanes of at least 4 members (excludes halogenated alkanes) is 2. The van der Waals surface area contributed by atoms with E-state index in [9.17, 15) is 4.79 Å². The second-order valence-corrected chi connectivity index (χ2v) is 6.16. The molecule has 2 rings (SSSR count). The van der Waals surface area contributed by atoms with E-state index >= 15 is 0 Å². The standard InChI is InChI=1S/C15H28N2O2/c1-2-3-4-10-19-13-6-5-9-15(11-13,14(16)18)17-12-7-8-12/h12-13,17H,2-11H2,1H3,(H2,16,18). The number of rotatable bonds is 8. The predicted molar refractivity (Wildman–Crippen MR) is 75.8 cm³/mol. The lowest BCUT2D eigenvalue weighted by Gasteiger charge is -2.39. The Morgan fingerprint density at radius 1 is 1.37 bits per heavy atom. The van der Waals surface area contributed by atoms with E-state index in [-0.39, 0.29) is 12.0 Å². The van der Waals surface area contributed by atoms with Crippen molar-refractivity contribution in [1.82, 2.24) is 5.32 Å². The summed E-state index contributed by atoms with van der Waals surface area (Å²) in [7, 11) is 0. The molecule has 110 valence electrons. The SMILES string of the molecule is CCCCCOC1CCCC(NC2CC2)(C(N)=O)C1. The van der Waals surface area contributed by atoms with Crippen LogP contribution >= 0.6 is 0 Å². The Kier molecular flexibility index (Phi) is 5.22. The van der Waals surface area contributed by atoms with E-state index < -0.39 is 5.54 Å². The molecule has 2 aliphatic rings. The average molecular weight is 268 g/mol. The Balaban J connectivity index is 1.84. The largest absolute Gasteiger partial charge is 0.378 e. The van der Waals surface area contributed by atoms with Gasteiger partial charge in [0.05, 0.1) is 6.10 Å². The van der Waals surface area contributed by atoms with Crippen LogP contribution in [0.5, 0.6) is 0 Å². The molecule has 4 nitrogen and oxygen atoms in total. The van der Waals surface area contributed by atoms with E-state index in [1.54, 1.807) is 0 Å². The van der Waals surface area contributed by atoms with Gasteiger partial charge in [-0.2, -0.15) is 0 Å². The van der Waals surface area contributed by atoms with Crippen LogP contribution in [0.25, 0.3) is 0 Å². The van der Waals surface area contributed by atoms with Gasteiger partial charge in [-0.1, -0.05) is 19.8 Å². The third-order valence-electron chi connectivity index (χ3n) is 4.34. The van der Waals surface area contributed by atoms with E-state index in [0.717, 1.165) is 38.7 Å².